The number of carbonyl (C=O) groups is 1. The van der Waals surface area contributed by atoms with Gasteiger partial charge in [0.2, 0.25) is 0 Å². The number of amides is 1. The summed E-state index contributed by atoms with van der Waals surface area (Å²) in [6.45, 7) is 2.78. The number of hydrogen-bond donors (Lipinski definition) is 1. The third-order valence-corrected chi connectivity index (χ3v) is 3.70. The highest BCUT2D eigenvalue weighted by molar-refractivity contribution is 6.29. The highest BCUT2D eigenvalue weighted by Crippen LogP contribution is 2.23. The fourth-order valence-electron chi connectivity index (χ4n) is 2.28. The largest absolute Gasteiger partial charge is 0.396 e. The lowest BCUT2D eigenvalue weighted by Crippen LogP contribution is -2.46. The maximum absolute atomic E-state index is 12.3. The molecule has 1 aromatic heterocycles. The summed E-state index contributed by atoms with van der Waals surface area (Å²) in [6.07, 6.45) is 3.40. The Kier molecular flexibility index (Phi) is 4.19. The van der Waals surface area contributed by atoms with Crippen LogP contribution in [-0.2, 0) is 0 Å². The van der Waals surface area contributed by atoms with Gasteiger partial charge in [-0.15, -0.1) is 0 Å². The third-order valence-electron chi connectivity index (χ3n) is 3.47. The van der Waals surface area contributed by atoms with Gasteiger partial charge in [-0.3, -0.25) is 4.79 Å². The molecule has 1 aliphatic heterocycles. The number of likely N-dealkylation sites (tertiary alicyclic amines) is 1. The molecule has 1 amide bonds. The molecule has 1 aromatic rings. The first kappa shape index (κ1) is 13.3. The molecule has 5 heteroatoms. The Balaban J connectivity index is 2.13. The Labute approximate surface area is 112 Å². The van der Waals surface area contributed by atoms with Gasteiger partial charge in [0, 0.05) is 25.4 Å². The lowest BCUT2D eigenvalue weighted by Gasteiger charge is -2.37. The average molecular weight is 269 g/mol. The van der Waals surface area contributed by atoms with Crippen LogP contribution >= 0.6 is 11.6 Å². The highest BCUT2D eigenvalue weighted by atomic mass is 35.5. The smallest absolute Gasteiger partial charge is 0.255 e. The number of piperidine rings is 1. The van der Waals surface area contributed by atoms with Crippen molar-refractivity contribution < 1.29 is 9.90 Å². The molecule has 2 heterocycles. The number of carbonyl (C=O) groups excluding carboxylic acids is 1. The monoisotopic (exact) mass is 268 g/mol. The van der Waals surface area contributed by atoms with Crippen molar-refractivity contribution in [2.75, 3.05) is 13.2 Å². The van der Waals surface area contributed by atoms with Crippen LogP contribution in [0, 0.1) is 5.92 Å². The van der Waals surface area contributed by atoms with Crippen LogP contribution in [-0.4, -0.2) is 40.1 Å². The number of halogens is 1. The molecule has 1 aliphatic rings. The molecule has 0 aromatic carbocycles. The van der Waals surface area contributed by atoms with Gasteiger partial charge in [0.05, 0.1) is 5.56 Å². The summed E-state index contributed by atoms with van der Waals surface area (Å²) in [7, 11) is 0. The molecular weight excluding hydrogens is 252 g/mol. The number of rotatable bonds is 2. The van der Waals surface area contributed by atoms with Crippen LogP contribution in [0.4, 0.5) is 0 Å². The second-order valence-corrected chi connectivity index (χ2v) is 5.19. The Morgan fingerprint density at radius 3 is 2.94 bits per heavy atom. The molecular formula is C13H17ClN2O2. The highest BCUT2D eigenvalue weighted by Gasteiger charge is 2.29. The van der Waals surface area contributed by atoms with Crippen LogP contribution in [0.25, 0.3) is 0 Å². The van der Waals surface area contributed by atoms with Gasteiger partial charge in [0.15, 0.2) is 0 Å². The van der Waals surface area contributed by atoms with E-state index in [0.717, 1.165) is 12.8 Å². The van der Waals surface area contributed by atoms with Gasteiger partial charge >= 0.3 is 0 Å². The quantitative estimate of drug-likeness (QED) is 0.835. The molecule has 0 bridgehead atoms. The number of aliphatic hydroxyl groups is 1. The minimum atomic E-state index is -0.0372. The Bertz CT molecular complexity index is 422. The van der Waals surface area contributed by atoms with Crippen molar-refractivity contribution in [2.24, 2.45) is 5.92 Å². The maximum Gasteiger partial charge on any atom is 0.255 e. The first-order valence-corrected chi connectivity index (χ1v) is 6.53. The fraction of sp³-hybridized carbons (Fsp3) is 0.538. The van der Waals surface area contributed by atoms with E-state index in [9.17, 15) is 9.90 Å². The normalized spacial score (nSPS) is 24.1. The van der Waals surface area contributed by atoms with Crippen LogP contribution in [0.15, 0.2) is 18.3 Å². The van der Waals surface area contributed by atoms with E-state index in [1.54, 1.807) is 12.1 Å². The summed E-state index contributed by atoms with van der Waals surface area (Å²) in [6, 6.07) is 3.51. The maximum atomic E-state index is 12.3. The molecule has 1 saturated heterocycles. The van der Waals surface area contributed by atoms with Gasteiger partial charge in [-0.1, -0.05) is 11.6 Å². The van der Waals surface area contributed by atoms with Crippen LogP contribution in [0.3, 0.4) is 0 Å². The average Bonchev–Trinajstić information content (AvgIpc) is 2.39. The summed E-state index contributed by atoms with van der Waals surface area (Å²) < 4.78 is 0. The number of nitrogens with zero attached hydrogens (tertiary/aromatic N) is 2. The number of hydrogen-bond acceptors (Lipinski definition) is 3. The van der Waals surface area contributed by atoms with E-state index in [-0.39, 0.29) is 24.5 Å². The van der Waals surface area contributed by atoms with Gasteiger partial charge in [-0.05, 0) is 37.8 Å². The van der Waals surface area contributed by atoms with E-state index >= 15 is 0 Å². The van der Waals surface area contributed by atoms with E-state index in [1.807, 2.05) is 11.8 Å². The summed E-state index contributed by atoms with van der Waals surface area (Å²) >= 11 is 5.71. The van der Waals surface area contributed by atoms with E-state index in [1.165, 1.54) is 6.20 Å². The van der Waals surface area contributed by atoms with Crippen molar-refractivity contribution in [1.82, 2.24) is 9.88 Å². The van der Waals surface area contributed by atoms with E-state index in [0.29, 0.717) is 17.3 Å². The lowest BCUT2D eigenvalue weighted by atomic mass is 9.93. The lowest BCUT2D eigenvalue weighted by molar-refractivity contribution is 0.0488. The molecule has 0 saturated carbocycles. The first-order chi connectivity index (χ1) is 8.61. The van der Waals surface area contributed by atoms with Crippen molar-refractivity contribution in [2.45, 2.75) is 25.8 Å². The molecule has 98 valence electrons. The molecule has 2 atom stereocenters. The van der Waals surface area contributed by atoms with Crippen molar-refractivity contribution >= 4 is 17.5 Å². The van der Waals surface area contributed by atoms with E-state index < -0.39 is 0 Å². The SMILES string of the molecule is CC1CCC(CO)CN1C(=O)c1ccc(Cl)nc1. The van der Waals surface area contributed by atoms with Gasteiger partial charge in [-0.2, -0.15) is 0 Å². The topological polar surface area (TPSA) is 53.4 Å². The predicted molar refractivity (Wildman–Crippen MR) is 69.6 cm³/mol. The molecule has 2 rings (SSSR count). The second kappa shape index (κ2) is 5.67. The molecule has 1 N–H and O–H groups in total. The van der Waals surface area contributed by atoms with Gasteiger partial charge in [-0.25, -0.2) is 4.98 Å². The predicted octanol–water partition coefficient (Wildman–Crippen LogP) is 1.97. The van der Waals surface area contributed by atoms with Crippen molar-refractivity contribution in [3.8, 4) is 0 Å². The van der Waals surface area contributed by atoms with Crippen LogP contribution in [0.2, 0.25) is 5.15 Å². The standard InChI is InChI=1S/C13H17ClN2O2/c1-9-2-3-10(8-17)7-16(9)13(18)11-4-5-12(14)15-6-11/h4-6,9-10,17H,2-3,7-8H2,1H3. The van der Waals surface area contributed by atoms with Crippen LogP contribution in [0.5, 0.6) is 0 Å². The second-order valence-electron chi connectivity index (χ2n) is 4.80. The summed E-state index contributed by atoms with van der Waals surface area (Å²) in [5.74, 6) is 0.148. The van der Waals surface area contributed by atoms with Crippen molar-refractivity contribution in [3.63, 3.8) is 0 Å². The van der Waals surface area contributed by atoms with Crippen molar-refractivity contribution in [1.29, 1.82) is 0 Å². The number of aromatic nitrogens is 1. The van der Waals surface area contributed by atoms with Gasteiger partial charge in [0.1, 0.15) is 5.15 Å². The number of pyridine rings is 1. The molecule has 18 heavy (non-hydrogen) atoms. The van der Waals surface area contributed by atoms with Crippen LogP contribution in [0.1, 0.15) is 30.1 Å². The van der Waals surface area contributed by atoms with Crippen LogP contribution < -0.4 is 0 Å². The fourth-order valence-corrected chi connectivity index (χ4v) is 2.39. The molecule has 0 spiro atoms. The Morgan fingerprint density at radius 2 is 2.33 bits per heavy atom. The Morgan fingerprint density at radius 1 is 1.56 bits per heavy atom. The molecule has 1 fully saturated rings. The molecule has 2 unspecified atom stereocenters. The Hall–Kier alpha value is -1.13. The molecule has 0 aliphatic carbocycles. The minimum Gasteiger partial charge on any atom is -0.396 e. The van der Waals surface area contributed by atoms with Gasteiger partial charge in [0.25, 0.3) is 5.91 Å². The zero-order valence-electron chi connectivity index (χ0n) is 10.3. The summed E-state index contributed by atoms with van der Waals surface area (Å²) in [4.78, 5) is 18.1. The zero-order chi connectivity index (χ0) is 13.1. The van der Waals surface area contributed by atoms with Gasteiger partial charge < -0.3 is 10.0 Å². The first-order valence-electron chi connectivity index (χ1n) is 6.15. The van der Waals surface area contributed by atoms with E-state index in [4.69, 9.17) is 11.6 Å². The van der Waals surface area contributed by atoms with E-state index in [2.05, 4.69) is 4.98 Å². The summed E-state index contributed by atoms with van der Waals surface area (Å²) in [5, 5.41) is 9.60. The zero-order valence-corrected chi connectivity index (χ0v) is 11.1. The molecule has 0 radical (unpaired) electrons. The number of aliphatic hydroxyl groups excluding tert-OH is 1. The summed E-state index contributed by atoms with van der Waals surface area (Å²) in [5.41, 5.74) is 0.546. The third kappa shape index (κ3) is 2.82. The minimum absolute atomic E-state index is 0.0372. The van der Waals surface area contributed by atoms with Crippen molar-refractivity contribution in [3.05, 3.63) is 29.0 Å². The molecule has 4 nitrogen and oxygen atoms in total.